The average Bonchev–Trinajstić information content (AvgIpc) is 2.64. The molecule has 0 saturated carbocycles. The first-order valence-electron chi connectivity index (χ1n) is 9.27. The Bertz CT molecular complexity index is 722. The van der Waals surface area contributed by atoms with Crippen molar-refractivity contribution < 1.29 is 38.6 Å². The molecule has 2 rings (SSSR count). The Morgan fingerprint density at radius 1 is 1.00 bits per heavy atom. The van der Waals surface area contributed by atoms with Gasteiger partial charge in [0.05, 0.1) is 32.6 Å². The van der Waals surface area contributed by atoms with Crippen molar-refractivity contribution in [2.45, 2.75) is 38.4 Å². The molecule has 2 saturated heterocycles. The van der Waals surface area contributed by atoms with Crippen molar-refractivity contribution in [2.24, 2.45) is 5.73 Å². The van der Waals surface area contributed by atoms with E-state index < -0.39 is 54.8 Å². The number of nitrogens with one attached hydrogen (secondary N) is 1. The number of carboxylic acids is 1. The monoisotopic (exact) mass is 427 g/mol. The maximum atomic E-state index is 12.4. The quantitative estimate of drug-likeness (QED) is 0.261. The molecule has 0 aliphatic carbocycles. The number of carboxylic acid groups (broad SMARTS) is 1. The zero-order chi connectivity index (χ0) is 22.6. The lowest BCUT2D eigenvalue weighted by atomic mass is 10.1. The molecule has 0 aromatic carbocycles. The maximum absolute atomic E-state index is 12.4. The van der Waals surface area contributed by atoms with Crippen molar-refractivity contribution in [2.75, 3.05) is 32.9 Å². The van der Waals surface area contributed by atoms with Gasteiger partial charge in [0.1, 0.15) is 6.04 Å². The summed E-state index contributed by atoms with van der Waals surface area (Å²) in [4.78, 5) is 74.3. The minimum atomic E-state index is -1.40. The molecule has 13 nitrogen and oxygen atoms in total. The highest BCUT2D eigenvalue weighted by molar-refractivity contribution is 6.00. The van der Waals surface area contributed by atoms with Crippen LogP contribution in [0.3, 0.4) is 0 Å². The van der Waals surface area contributed by atoms with Gasteiger partial charge in [0.25, 0.3) is 0 Å². The summed E-state index contributed by atoms with van der Waals surface area (Å²) in [6.45, 7) is 2.72. The Morgan fingerprint density at radius 2 is 1.47 bits per heavy atom. The number of piperazine rings is 2. The number of esters is 1. The number of ether oxygens (including phenoxy) is 1. The summed E-state index contributed by atoms with van der Waals surface area (Å²) in [6, 6.07) is -2.02. The molecule has 30 heavy (non-hydrogen) atoms. The molecule has 2 fully saturated rings. The fourth-order valence-corrected chi connectivity index (χ4v) is 3.21. The fraction of sp³-hybridized carbons (Fsp3) is 0.647. The maximum Gasteiger partial charge on any atom is 0.325 e. The third-order valence-corrected chi connectivity index (χ3v) is 5.13. The minimum absolute atomic E-state index is 0.0334. The normalized spacial score (nSPS) is 21.8. The predicted molar refractivity (Wildman–Crippen MR) is 98.3 cm³/mol. The van der Waals surface area contributed by atoms with Gasteiger partial charge in [-0.1, -0.05) is 0 Å². The molecule has 0 aromatic rings. The van der Waals surface area contributed by atoms with E-state index in [2.05, 4.69) is 5.32 Å². The van der Waals surface area contributed by atoms with Crippen LogP contribution in [-0.4, -0.2) is 106 Å². The number of hydrogen-bond donors (Lipinski definition) is 3. The highest BCUT2D eigenvalue weighted by Gasteiger charge is 2.38. The number of nitrogens with two attached hydrogens (primary N) is 1. The van der Waals surface area contributed by atoms with Crippen LogP contribution < -0.4 is 11.1 Å². The van der Waals surface area contributed by atoms with Crippen LogP contribution in [0.2, 0.25) is 0 Å². The van der Waals surface area contributed by atoms with Gasteiger partial charge in [0, 0.05) is 12.1 Å². The summed E-state index contributed by atoms with van der Waals surface area (Å²) in [5.74, 6) is -4.34. The molecular formula is C17H25N5O8. The lowest BCUT2D eigenvalue weighted by molar-refractivity contribution is -0.166. The van der Waals surface area contributed by atoms with Gasteiger partial charge < -0.3 is 15.6 Å². The largest absolute Gasteiger partial charge is 0.481 e. The van der Waals surface area contributed by atoms with Gasteiger partial charge in [-0.3, -0.25) is 43.9 Å². The lowest BCUT2D eigenvalue weighted by Crippen LogP contribution is -2.62. The Labute approximate surface area is 172 Å². The van der Waals surface area contributed by atoms with Crippen LogP contribution in [0.4, 0.5) is 0 Å². The standard InChI is InChI=1S/C17H25N5O8/c1-9(20-4-12(23)19-13(24)5-20)10(2)21-6-14(25)22(15(26)7-21)8-30-17(29)11(18)3-16(27)28/h9-11H,3-8,18H2,1-2H3,(H,27,28)(H,19,23,24). The molecule has 13 heteroatoms. The van der Waals surface area contributed by atoms with Crippen LogP contribution in [0.5, 0.6) is 0 Å². The molecule has 3 atom stereocenters. The summed E-state index contributed by atoms with van der Waals surface area (Å²) in [5.41, 5.74) is 5.38. The van der Waals surface area contributed by atoms with Gasteiger partial charge in [-0.05, 0) is 13.8 Å². The van der Waals surface area contributed by atoms with E-state index in [9.17, 15) is 28.8 Å². The number of hydrogen-bond acceptors (Lipinski definition) is 10. The van der Waals surface area contributed by atoms with Gasteiger partial charge in [0.15, 0.2) is 6.73 Å². The second-order valence-electron chi connectivity index (χ2n) is 7.27. The topological polar surface area (TPSA) is 180 Å². The summed E-state index contributed by atoms with van der Waals surface area (Å²) in [6.07, 6.45) is -0.638. The van der Waals surface area contributed by atoms with Crippen LogP contribution in [0, 0.1) is 0 Å². The van der Waals surface area contributed by atoms with Gasteiger partial charge in [0.2, 0.25) is 23.6 Å². The lowest BCUT2D eigenvalue weighted by Gasteiger charge is -2.41. The van der Waals surface area contributed by atoms with E-state index in [-0.39, 0.29) is 38.3 Å². The van der Waals surface area contributed by atoms with Crippen molar-refractivity contribution in [1.29, 1.82) is 0 Å². The van der Waals surface area contributed by atoms with Gasteiger partial charge in [-0.2, -0.15) is 0 Å². The van der Waals surface area contributed by atoms with E-state index in [1.807, 2.05) is 0 Å². The number of rotatable bonds is 8. The van der Waals surface area contributed by atoms with Crippen molar-refractivity contribution in [3.05, 3.63) is 0 Å². The van der Waals surface area contributed by atoms with Gasteiger partial charge in [-0.15, -0.1) is 0 Å². The van der Waals surface area contributed by atoms with E-state index >= 15 is 0 Å². The highest BCUT2D eigenvalue weighted by Crippen LogP contribution is 2.16. The molecule has 166 valence electrons. The van der Waals surface area contributed by atoms with Crippen LogP contribution in [0.25, 0.3) is 0 Å². The molecule has 4 amide bonds. The number of carbonyl (C=O) groups excluding carboxylic acids is 5. The molecule has 0 spiro atoms. The fourth-order valence-electron chi connectivity index (χ4n) is 3.21. The zero-order valence-electron chi connectivity index (χ0n) is 16.7. The first-order valence-corrected chi connectivity index (χ1v) is 9.27. The first kappa shape index (κ1) is 23.4. The second-order valence-corrected chi connectivity index (χ2v) is 7.27. The van der Waals surface area contributed by atoms with Gasteiger partial charge in [-0.25, -0.2) is 4.90 Å². The van der Waals surface area contributed by atoms with E-state index in [4.69, 9.17) is 15.6 Å². The molecule has 2 aliphatic heterocycles. The molecule has 2 heterocycles. The Balaban J connectivity index is 1.92. The first-order chi connectivity index (χ1) is 14.0. The van der Waals surface area contributed by atoms with E-state index in [0.29, 0.717) is 0 Å². The summed E-state index contributed by atoms with van der Waals surface area (Å²) in [7, 11) is 0. The molecule has 0 aromatic heterocycles. The third-order valence-electron chi connectivity index (χ3n) is 5.13. The van der Waals surface area contributed by atoms with Crippen molar-refractivity contribution >= 4 is 35.6 Å². The smallest absolute Gasteiger partial charge is 0.325 e. The zero-order valence-corrected chi connectivity index (χ0v) is 16.7. The number of carbonyl (C=O) groups is 6. The summed E-state index contributed by atoms with van der Waals surface area (Å²) >= 11 is 0. The number of amides is 4. The Morgan fingerprint density at radius 3 is 1.93 bits per heavy atom. The number of imide groups is 2. The Hall–Kier alpha value is -2.90. The van der Waals surface area contributed by atoms with Crippen LogP contribution in [0.1, 0.15) is 20.3 Å². The third kappa shape index (κ3) is 5.81. The minimum Gasteiger partial charge on any atom is -0.481 e. The van der Waals surface area contributed by atoms with Crippen molar-refractivity contribution in [3.8, 4) is 0 Å². The van der Waals surface area contributed by atoms with E-state index in [1.165, 1.54) is 0 Å². The average molecular weight is 427 g/mol. The molecule has 0 radical (unpaired) electrons. The predicted octanol–water partition coefficient (Wildman–Crippen LogP) is -3.30. The van der Waals surface area contributed by atoms with Crippen LogP contribution in [0.15, 0.2) is 0 Å². The van der Waals surface area contributed by atoms with E-state index in [1.54, 1.807) is 23.6 Å². The van der Waals surface area contributed by atoms with Crippen molar-refractivity contribution in [3.63, 3.8) is 0 Å². The Kier molecular flexibility index (Phi) is 7.59. The molecule has 2 aliphatic rings. The van der Waals surface area contributed by atoms with Crippen molar-refractivity contribution in [1.82, 2.24) is 20.0 Å². The summed E-state index contributed by atoms with van der Waals surface area (Å²) in [5, 5.41) is 10.8. The van der Waals surface area contributed by atoms with Crippen LogP contribution in [-0.2, 0) is 33.5 Å². The molecule has 0 bridgehead atoms. The van der Waals surface area contributed by atoms with Gasteiger partial charge >= 0.3 is 11.9 Å². The number of aliphatic carboxylic acids is 1. The molecule has 3 unspecified atom stereocenters. The van der Waals surface area contributed by atoms with Crippen LogP contribution >= 0.6 is 0 Å². The number of nitrogens with zero attached hydrogens (tertiary/aromatic N) is 3. The molecule has 4 N–H and O–H groups in total. The summed E-state index contributed by atoms with van der Waals surface area (Å²) < 4.78 is 4.80. The SMILES string of the molecule is CC(C(C)N1CC(=O)N(COC(=O)C(N)CC(=O)O)C(=O)C1)N1CC(=O)NC(=O)C1. The second kappa shape index (κ2) is 9.73. The molecular weight excluding hydrogens is 402 g/mol. The van der Waals surface area contributed by atoms with E-state index in [0.717, 1.165) is 4.90 Å². The highest BCUT2D eigenvalue weighted by atomic mass is 16.5.